The number of benzene rings is 4. The normalized spacial score (nSPS) is 13.2. The van der Waals surface area contributed by atoms with Crippen LogP contribution < -0.4 is 18.6 Å². The Bertz CT molecular complexity index is 1740. The highest BCUT2D eigenvalue weighted by molar-refractivity contribution is 7.71. The van der Waals surface area contributed by atoms with Gasteiger partial charge in [0, 0.05) is 6.20 Å². The average molecular weight is 628 g/mol. The second kappa shape index (κ2) is 13.7. The summed E-state index contributed by atoms with van der Waals surface area (Å²) in [7, 11) is -2.96. The van der Waals surface area contributed by atoms with Gasteiger partial charge in [-0.15, -0.1) is 0 Å². The second-order valence-corrected chi connectivity index (χ2v) is 11.7. The van der Waals surface area contributed by atoms with E-state index in [9.17, 15) is 9.36 Å². The molecule has 0 aliphatic carbocycles. The summed E-state index contributed by atoms with van der Waals surface area (Å²) in [5.74, 6) is 0.355. The molecular weight excluding hydrogens is 597 g/mol. The van der Waals surface area contributed by atoms with Crippen LogP contribution in [0.25, 0.3) is 0 Å². The van der Waals surface area contributed by atoms with Gasteiger partial charge in [0.1, 0.15) is 33.4 Å². The van der Waals surface area contributed by atoms with Crippen LogP contribution in [-0.4, -0.2) is 17.8 Å². The number of carbonyl (C=O) groups is 1. The molecule has 0 N–H and O–H groups in total. The number of carbonyl (C=O) groups excluding carboxylic acids is 1. The predicted molar refractivity (Wildman–Crippen MR) is 169 cm³/mol. The maximum Gasteiger partial charge on any atom is 0.588 e. The monoisotopic (exact) mass is 627 g/mol. The molecule has 2 atom stereocenters. The zero-order valence-electron chi connectivity index (χ0n) is 24.0. The third-order valence-electron chi connectivity index (χ3n) is 6.87. The number of phosphoric acid groups is 1. The molecule has 0 amide bonds. The lowest BCUT2D eigenvalue weighted by Crippen LogP contribution is -2.45. The second-order valence-electron chi connectivity index (χ2n) is 9.83. The summed E-state index contributed by atoms with van der Waals surface area (Å²) in [5, 5.41) is 0. The van der Waals surface area contributed by atoms with Gasteiger partial charge in [0.05, 0.1) is 7.11 Å². The summed E-state index contributed by atoms with van der Waals surface area (Å²) in [4.78, 5) is 20.3. The Hall–Kier alpha value is -4.69. The van der Waals surface area contributed by atoms with Crippen LogP contribution in [0, 0.1) is 4.64 Å². The zero-order valence-corrected chi connectivity index (χ0v) is 25.7. The fourth-order valence-electron chi connectivity index (χ4n) is 4.52. The van der Waals surface area contributed by atoms with Crippen molar-refractivity contribution < 1.29 is 32.5 Å². The minimum absolute atomic E-state index is 0.253. The number of ether oxygens (including phenoxy) is 1. The first-order chi connectivity index (χ1) is 21.3. The number of aromatic nitrogens is 1. The van der Waals surface area contributed by atoms with Crippen molar-refractivity contribution in [1.82, 2.24) is 4.73 Å². The van der Waals surface area contributed by atoms with E-state index in [1.165, 1.54) is 10.9 Å². The summed E-state index contributed by atoms with van der Waals surface area (Å²) in [5.41, 5.74) is -0.618. The van der Waals surface area contributed by atoms with Gasteiger partial charge in [0.25, 0.3) is 0 Å². The van der Waals surface area contributed by atoms with Crippen molar-refractivity contribution in [2.45, 2.75) is 18.4 Å². The molecule has 0 spiro atoms. The largest absolute Gasteiger partial charge is 0.588 e. The van der Waals surface area contributed by atoms with Gasteiger partial charge in [-0.25, -0.2) is 9.36 Å². The number of rotatable bonds is 12. The molecule has 224 valence electrons. The van der Waals surface area contributed by atoms with E-state index in [0.717, 1.165) is 0 Å². The molecular formula is C34H30NO7PS. The first kappa shape index (κ1) is 30.8. The lowest BCUT2D eigenvalue weighted by molar-refractivity contribution is -0.155. The average Bonchev–Trinajstić information content (AvgIpc) is 3.05. The van der Waals surface area contributed by atoms with Gasteiger partial charge >= 0.3 is 13.8 Å². The summed E-state index contributed by atoms with van der Waals surface area (Å²) < 4.78 is 39.9. The quantitative estimate of drug-likeness (QED) is 0.101. The Balaban J connectivity index is 1.67. The van der Waals surface area contributed by atoms with Crippen LogP contribution in [0.2, 0.25) is 0 Å². The minimum atomic E-state index is -4.51. The van der Waals surface area contributed by atoms with Gasteiger partial charge < -0.3 is 18.6 Å². The molecule has 10 heteroatoms. The number of nitrogens with zero attached hydrogens (tertiary/aromatic N) is 1. The number of methoxy groups -OCH3 is 1. The van der Waals surface area contributed by atoms with Crippen LogP contribution >= 0.6 is 20.0 Å². The predicted octanol–water partition coefficient (Wildman–Crippen LogP) is 8.16. The topological polar surface area (TPSA) is 85.2 Å². The SMILES string of the molecule is COc1ccc(C(C)(C(=O)On2ccccc2=S)C(OP(=O)(Oc2ccccc2)Oc2ccccc2)c2ccccc2)cc1. The lowest BCUT2D eigenvalue weighted by Gasteiger charge is -2.37. The van der Waals surface area contributed by atoms with Crippen molar-refractivity contribution >= 4 is 26.0 Å². The van der Waals surface area contributed by atoms with Crippen LogP contribution in [0.15, 0.2) is 140 Å². The molecule has 0 bridgehead atoms. The number of para-hydroxylation sites is 2. The van der Waals surface area contributed by atoms with E-state index in [1.54, 1.807) is 141 Å². The van der Waals surface area contributed by atoms with Crippen molar-refractivity contribution in [2.24, 2.45) is 0 Å². The van der Waals surface area contributed by atoms with E-state index in [-0.39, 0.29) is 16.1 Å². The van der Waals surface area contributed by atoms with Crippen LogP contribution in [-0.2, 0) is 19.3 Å². The number of pyridine rings is 1. The van der Waals surface area contributed by atoms with E-state index in [4.69, 9.17) is 35.4 Å². The van der Waals surface area contributed by atoms with Crippen LogP contribution in [0.5, 0.6) is 17.2 Å². The Labute approximate surface area is 261 Å². The molecule has 8 nitrogen and oxygen atoms in total. The first-order valence-corrected chi connectivity index (χ1v) is 15.6. The van der Waals surface area contributed by atoms with Crippen molar-refractivity contribution in [2.75, 3.05) is 7.11 Å². The van der Waals surface area contributed by atoms with Crippen molar-refractivity contribution in [3.05, 3.63) is 155 Å². The fraction of sp³-hybridized carbons (Fsp3) is 0.118. The molecule has 0 aliphatic heterocycles. The number of hydrogen-bond donors (Lipinski definition) is 0. The van der Waals surface area contributed by atoms with E-state index in [1.807, 2.05) is 6.07 Å². The summed E-state index contributed by atoms with van der Waals surface area (Å²) in [6.07, 6.45) is 0.287. The van der Waals surface area contributed by atoms with Crippen LogP contribution in [0.4, 0.5) is 0 Å². The molecule has 2 unspecified atom stereocenters. The lowest BCUT2D eigenvalue weighted by atomic mass is 9.75. The van der Waals surface area contributed by atoms with Gasteiger partial charge in [-0.1, -0.05) is 97.1 Å². The van der Waals surface area contributed by atoms with E-state index < -0.39 is 25.3 Å². The molecule has 5 rings (SSSR count). The molecule has 0 saturated heterocycles. The summed E-state index contributed by atoms with van der Waals surface area (Å²) >= 11 is 5.39. The zero-order chi connectivity index (χ0) is 31.0. The van der Waals surface area contributed by atoms with E-state index in [2.05, 4.69) is 0 Å². The number of hydrogen-bond acceptors (Lipinski definition) is 8. The standard InChI is InChI=1S/C34H30NO7PS/c1-34(27-21-23-28(38-2)24-22-27,33(36)39-35-25-13-12-20-31(35)44)32(26-14-6-3-7-15-26)42-43(37,40-29-16-8-4-9-17-29)41-30-18-10-5-11-19-30/h3-25,32H,1-2H3. The van der Waals surface area contributed by atoms with Gasteiger partial charge in [-0.2, -0.15) is 4.73 Å². The van der Waals surface area contributed by atoms with Gasteiger partial charge in [0.2, 0.25) is 0 Å². The Morgan fingerprint density at radius 1 is 0.727 bits per heavy atom. The van der Waals surface area contributed by atoms with E-state index in [0.29, 0.717) is 16.9 Å². The van der Waals surface area contributed by atoms with Crippen molar-refractivity contribution in [1.29, 1.82) is 0 Å². The Morgan fingerprint density at radius 3 is 1.77 bits per heavy atom. The summed E-state index contributed by atoms with van der Waals surface area (Å²) in [6, 6.07) is 38.0. The molecule has 1 heterocycles. The highest BCUT2D eigenvalue weighted by atomic mass is 32.1. The summed E-state index contributed by atoms with van der Waals surface area (Å²) in [6.45, 7) is 1.65. The van der Waals surface area contributed by atoms with Crippen molar-refractivity contribution in [3.63, 3.8) is 0 Å². The Kier molecular flexibility index (Phi) is 9.60. The molecule has 44 heavy (non-hydrogen) atoms. The molecule has 0 aliphatic rings. The fourth-order valence-corrected chi connectivity index (χ4v) is 6.18. The van der Waals surface area contributed by atoms with Gasteiger partial charge in [-0.3, -0.25) is 4.52 Å². The first-order valence-electron chi connectivity index (χ1n) is 13.7. The van der Waals surface area contributed by atoms with E-state index >= 15 is 0 Å². The molecule has 1 aromatic heterocycles. The smallest absolute Gasteiger partial charge is 0.497 e. The molecule has 0 radical (unpaired) electrons. The molecule has 5 aromatic rings. The third-order valence-corrected chi connectivity index (χ3v) is 8.52. The maximum atomic E-state index is 14.7. The Morgan fingerprint density at radius 2 is 1.25 bits per heavy atom. The highest BCUT2D eigenvalue weighted by Crippen LogP contribution is 2.57. The highest BCUT2D eigenvalue weighted by Gasteiger charge is 2.51. The molecule has 4 aromatic carbocycles. The third kappa shape index (κ3) is 7.09. The molecule has 0 saturated carbocycles. The van der Waals surface area contributed by atoms with Gasteiger partial charge in [0.15, 0.2) is 0 Å². The maximum absolute atomic E-state index is 14.7. The van der Waals surface area contributed by atoms with Gasteiger partial charge in [-0.05, 0) is 66.6 Å². The molecule has 0 fully saturated rings. The number of phosphoric ester groups is 1. The van der Waals surface area contributed by atoms with Crippen LogP contribution in [0.3, 0.4) is 0 Å². The van der Waals surface area contributed by atoms with Crippen molar-refractivity contribution in [3.8, 4) is 17.2 Å². The van der Waals surface area contributed by atoms with Crippen LogP contribution in [0.1, 0.15) is 24.2 Å². The minimum Gasteiger partial charge on any atom is -0.497 e.